The van der Waals surface area contributed by atoms with Crippen LogP contribution in [0.25, 0.3) is 0 Å². The molecule has 0 saturated heterocycles. The first kappa shape index (κ1) is 23.1. The molecule has 0 spiro atoms. The van der Waals surface area contributed by atoms with Crippen LogP contribution in [0, 0.1) is 24.1 Å². The number of hydrogen-bond acceptors (Lipinski definition) is 6. The number of nitrogens with zero attached hydrogens (tertiary/aromatic N) is 1. The van der Waals surface area contributed by atoms with Gasteiger partial charge in [-0.1, -0.05) is 42.1 Å². The van der Waals surface area contributed by atoms with Crippen molar-refractivity contribution in [3.63, 3.8) is 0 Å². The largest absolute Gasteiger partial charge is 0.466 e. The van der Waals surface area contributed by atoms with E-state index in [1.807, 2.05) is 25.1 Å². The van der Waals surface area contributed by atoms with Crippen molar-refractivity contribution in [1.82, 2.24) is 5.32 Å². The minimum Gasteiger partial charge on any atom is -0.466 e. The van der Waals surface area contributed by atoms with E-state index in [9.17, 15) is 19.2 Å². The molecule has 0 saturated carbocycles. The lowest BCUT2D eigenvalue weighted by molar-refractivity contribution is -0.136. The summed E-state index contributed by atoms with van der Waals surface area (Å²) in [6.45, 7) is 3.58. The quantitative estimate of drug-likeness (QED) is 0.634. The van der Waals surface area contributed by atoms with Gasteiger partial charge in [-0.2, -0.15) is 5.26 Å². The number of aryl methyl sites for hydroxylation is 1. The van der Waals surface area contributed by atoms with Crippen molar-refractivity contribution in [3.8, 4) is 6.07 Å². The number of carbonyl (C=O) groups excluding carboxylic acids is 2. The fraction of sp³-hybridized carbons (Fsp3) is 0.208. The smallest absolute Gasteiger partial charge is 0.336 e. The van der Waals surface area contributed by atoms with E-state index in [1.54, 1.807) is 19.1 Å². The zero-order valence-electron chi connectivity index (χ0n) is 17.9. The Balaban J connectivity index is 1.91. The Morgan fingerprint density at radius 3 is 2.62 bits per heavy atom. The molecule has 1 atom stereocenters. The van der Waals surface area contributed by atoms with Crippen molar-refractivity contribution < 1.29 is 18.7 Å². The summed E-state index contributed by atoms with van der Waals surface area (Å²) in [6, 6.07) is 15.5. The molecule has 1 heterocycles. The summed E-state index contributed by atoms with van der Waals surface area (Å²) in [5.41, 5.74) is 2.62. The van der Waals surface area contributed by atoms with Gasteiger partial charge in [-0.25, -0.2) is 9.18 Å². The van der Waals surface area contributed by atoms with Gasteiger partial charge in [0, 0.05) is 16.9 Å². The molecule has 1 amide bonds. The van der Waals surface area contributed by atoms with Gasteiger partial charge in [0.15, 0.2) is 0 Å². The maximum Gasteiger partial charge on any atom is 0.336 e. The number of rotatable bonds is 6. The molecule has 2 aromatic rings. The van der Waals surface area contributed by atoms with Crippen LogP contribution in [-0.4, -0.2) is 24.7 Å². The highest BCUT2D eigenvalue weighted by Gasteiger charge is 2.36. The van der Waals surface area contributed by atoms with Crippen LogP contribution in [0.4, 0.5) is 10.1 Å². The van der Waals surface area contributed by atoms with E-state index in [1.165, 1.54) is 25.3 Å². The van der Waals surface area contributed by atoms with E-state index in [2.05, 4.69) is 16.7 Å². The van der Waals surface area contributed by atoms with Gasteiger partial charge < -0.3 is 15.4 Å². The zero-order valence-corrected chi connectivity index (χ0v) is 18.7. The van der Waals surface area contributed by atoms with E-state index in [-0.39, 0.29) is 28.4 Å². The predicted octanol–water partition coefficient (Wildman–Crippen LogP) is 4.38. The first-order valence-electron chi connectivity index (χ1n) is 9.79. The van der Waals surface area contributed by atoms with Crippen LogP contribution < -0.4 is 10.6 Å². The molecule has 164 valence electrons. The number of amides is 1. The predicted molar refractivity (Wildman–Crippen MR) is 122 cm³/mol. The van der Waals surface area contributed by atoms with Gasteiger partial charge in [0.05, 0.1) is 41.0 Å². The zero-order chi connectivity index (χ0) is 23.3. The molecule has 0 unspecified atom stereocenters. The molecule has 2 N–H and O–H groups in total. The molecule has 0 radical (unpaired) electrons. The van der Waals surface area contributed by atoms with Gasteiger partial charge >= 0.3 is 5.97 Å². The molecular weight excluding hydrogens is 429 g/mol. The number of nitrogens with one attached hydrogen (secondary N) is 2. The number of benzene rings is 2. The number of allylic oxidation sites excluding steroid dienone is 2. The lowest BCUT2D eigenvalue weighted by atomic mass is 9.82. The van der Waals surface area contributed by atoms with E-state index < -0.39 is 17.7 Å². The first-order valence-corrected chi connectivity index (χ1v) is 10.8. The number of ether oxygens (including phenoxy) is 1. The molecule has 1 aliphatic heterocycles. The van der Waals surface area contributed by atoms with Gasteiger partial charge in [0.2, 0.25) is 5.91 Å². The Kier molecular flexibility index (Phi) is 7.33. The molecular formula is C24H22FN3O3S. The average molecular weight is 452 g/mol. The molecule has 0 fully saturated rings. The standard InChI is InChI=1S/C24H22FN3O3S/c1-14-7-6-8-16(11-14)28-20(29)13-32-23-18(12-26)22(17-9-4-5-10-19(17)25)21(15(2)27-23)24(30)31-3/h4-11,22,27H,13H2,1-3H3,(H,28,29)/t22-/m0/s1. The second kappa shape index (κ2) is 10.2. The Morgan fingerprint density at radius 1 is 1.22 bits per heavy atom. The van der Waals surface area contributed by atoms with Crippen molar-refractivity contribution in [2.75, 3.05) is 18.2 Å². The van der Waals surface area contributed by atoms with E-state index in [0.29, 0.717) is 16.4 Å². The molecule has 32 heavy (non-hydrogen) atoms. The number of thioether (sulfide) groups is 1. The Morgan fingerprint density at radius 2 is 1.97 bits per heavy atom. The van der Waals surface area contributed by atoms with Crippen LogP contribution in [0.1, 0.15) is 24.0 Å². The number of carbonyl (C=O) groups is 2. The van der Waals surface area contributed by atoms with Crippen LogP contribution >= 0.6 is 11.8 Å². The highest BCUT2D eigenvalue weighted by Crippen LogP contribution is 2.41. The molecule has 3 rings (SSSR count). The monoisotopic (exact) mass is 451 g/mol. The summed E-state index contributed by atoms with van der Waals surface area (Å²) >= 11 is 1.12. The molecule has 0 bridgehead atoms. The number of anilines is 1. The molecule has 6 nitrogen and oxygen atoms in total. The third kappa shape index (κ3) is 5.01. The molecule has 0 aromatic heterocycles. The minimum absolute atomic E-state index is 0.0201. The Labute approximate surface area is 190 Å². The second-order valence-corrected chi connectivity index (χ2v) is 8.16. The van der Waals surface area contributed by atoms with Gasteiger partial charge in [-0.05, 0) is 37.6 Å². The SMILES string of the molecule is COC(=O)C1=C(C)NC(SCC(=O)Nc2cccc(C)c2)=C(C#N)[C@@H]1c1ccccc1F. The topological polar surface area (TPSA) is 91.2 Å². The van der Waals surface area contributed by atoms with Crippen molar-refractivity contribution in [2.45, 2.75) is 19.8 Å². The summed E-state index contributed by atoms with van der Waals surface area (Å²) < 4.78 is 19.6. The summed E-state index contributed by atoms with van der Waals surface area (Å²) in [7, 11) is 1.23. The third-order valence-electron chi connectivity index (χ3n) is 4.92. The number of halogens is 1. The van der Waals surface area contributed by atoms with Crippen molar-refractivity contribution in [1.29, 1.82) is 5.26 Å². The van der Waals surface area contributed by atoms with E-state index >= 15 is 0 Å². The second-order valence-electron chi connectivity index (χ2n) is 7.17. The van der Waals surface area contributed by atoms with E-state index in [0.717, 1.165) is 17.3 Å². The minimum atomic E-state index is -0.947. The maximum atomic E-state index is 14.7. The third-order valence-corrected chi connectivity index (χ3v) is 5.94. The molecule has 2 aromatic carbocycles. The van der Waals surface area contributed by atoms with Gasteiger partial charge in [0.1, 0.15) is 5.82 Å². The highest BCUT2D eigenvalue weighted by atomic mass is 32.2. The van der Waals surface area contributed by atoms with Crippen LogP contribution in [-0.2, 0) is 14.3 Å². The van der Waals surface area contributed by atoms with Gasteiger partial charge in [0.25, 0.3) is 0 Å². The van der Waals surface area contributed by atoms with Crippen LogP contribution in [0.3, 0.4) is 0 Å². The number of esters is 1. The van der Waals surface area contributed by atoms with Crippen LogP contribution in [0.15, 0.2) is 70.4 Å². The lowest BCUT2D eigenvalue weighted by Crippen LogP contribution is -2.29. The van der Waals surface area contributed by atoms with Gasteiger partial charge in [-0.15, -0.1) is 0 Å². The number of methoxy groups -OCH3 is 1. The van der Waals surface area contributed by atoms with Crippen LogP contribution in [0.2, 0.25) is 0 Å². The van der Waals surface area contributed by atoms with E-state index in [4.69, 9.17) is 4.74 Å². The van der Waals surface area contributed by atoms with Crippen molar-refractivity contribution >= 4 is 29.3 Å². The Bertz CT molecular complexity index is 1170. The number of nitriles is 1. The summed E-state index contributed by atoms with van der Waals surface area (Å²) in [5, 5.41) is 16.2. The average Bonchev–Trinajstić information content (AvgIpc) is 2.77. The fourth-order valence-corrected chi connectivity index (χ4v) is 4.38. The van der Waals surface area contributed by atoms with Crippen molar-refractivity contribution in [3.05, 3.63) is 87.3 Å². The lowest BCUT2D eigenvalue weighted by Gasteiger charge is -2.29. The molecule has 1 aliphatic rings. The normalized spacial score (nSPS) is 15.7. The highest BCUT2D eigenvalue weighted by molar-refractivity contribution is 8.03. The van der Waals surface area contributed by atoms with Crippen LogP contribution in [0.5, 0.6) is 0 Å². The maximum absolute atomic E-state index is 14.7. The van der Waals surface area contributed by atoms with Gasteiger partial charge in [-0.3, -0.25) is 4.79 Å². The summed E-state index contributed by atoms with van der Waals surface area (Å²) in [6.07, 6.45) is 0. The number of dihydropyridines is 1. The molecule has 0 aliphatic carbocycles. The number of hydrogen-bond donors (Lipinski definition) is 2. The summed E-state index contributed by atoms with van der Waals surface area (Å²) in [5.74, 6) is -2.38. The summed E-state index contributed by atoms with van der Waals surface area (Å²) in [4.78, 5) is 24.9. The molecule has 8 heteroatoms. The Hall–Kier alpha value is -3.57. The van der Waals surface area contributed by atoms with Crippen molar-refractivity contribution in [2.24, 2.45) is 0 Å². The first-order chi connectivity index (χ1) is 15.3. The fourth-order valence-electron chi connectivity index (χ4n) is 3.48.